The van der Waals surface area contributed by atoms with Gasteiger partial charge >= 0.3 is 0 Å². The van der Waals surface area contributed by atoms with E-state index in [0.29, 0.717) is 12.4 Å². The number of aromatic nitrogens is 1. The first-order chi connectivity index (χ1) is 12.1. The molecule has 1 saturated heterocycles. The van der Waals surface area contributed by atoms with Gasteiger partial charge in [0.05, 0.1) is 18.3 Å². The first-order valence-corrected chi connectivity index (χ1v) is 9.61. The third kappa shape index (κ3) is 5.39. The van der Waals surface area contributed by atoms with Gasteiger partial charge in [0, 0.05) is 30.6 Å². The van der Waals surface area contributed by atoms with Gasteiger partial charge in [0.1, 0.15) is 0 Å². The third-order valence-corrected chi connectivity index (χ3v) is 5.06. The summed E-state index contributed by atoms with van der Waals surface area (Å²) >= 11 is 1.70. The van der Waals surface area contributed by atoms with E-state index in [2.05, 4.69) is 26.8 Å². The van der Waals surface area contributed by atoms with Crippen LogP contribution in [0, 0.1) is 0 Å². The fourth-order valence-electron chi connectivity index (χ4n) is 2.88. The average Bonchev–Trinajstić information content (AvgIpc) is 3.28. The highest BCUT2D eigenvalue weighted by atomic mass is 32.1. The van der Waals surface area contributed by atoms with E-state index in [0.717, 1.165) is 38.2 Å². The summed E-state index contributed by atoms with van der Waals surface area (Å²) in [7, 11) is 0. The maximum Gasteiger partial charge on any atom is 0.240 e. The molecule has 2 aromatic heterocycles. The van der Waals surface area contributed by atoms with Crippen molar-refractivity contribution in [3.8, 4) is 0 Å². The second kappa shape index (κ2) is 8.60. The van der Waals surface area contributed by atoms with E-state index in [1.807, 2.05) is 19.9 Å². The molecule has 1 unspecified atom stereocenters. The summed E-state index contributed by atoms with van der Waals surface area (Å²) < 4.78 is 10.9. The van der Waals surface area contributed by atoms with Crippen molar-refractivity contribution in [1.82, 2.24) is 10.1 Å². The SMILES string of the molecule is CC(C)c1cc(NC(=O)CN(Cc2cccs2)CC2CCCO2)on1. The van der Waals surface area contributed by atoms with Gasteiger partial charge in [0.15, 0.2) is 0 Å². The highest BCUT2D eigenvalue weighted by molar-refractivity contribution is 7.09. The van der Waals surface area contributed by atoms with Gasteiger partial charge in [0.25, 0.3) is 0 Å². The Balaban J connectivity index is 1.58. The molecular weight excluding hydrogens is 338 g/mol. The molecule has 136 valence electrons. The van der Waals surface area contributed by atoms with Crippen LogP contribution in [-0.2, 0) is 16.1 Å². The Morgan fingerprint density at radius 2 is 2.40 bits per heavy atom. The van der Waals surface area contributed by atoms with E-state index in [4.69, 9.17) is 9.26 Å². The van der Waals surface area contributed by atoms with Crippen LogP contribution in [0.25, 0.3) is 0 Å². The Labute approximate surface area is 152 Å². The predicted molar refractivity (Wildman–Crippen MR) is 97.8 cm³/mol. The van der Waals surface area contributed by atoms with E-state index in [-0.39, 0.29) is 17.9 Å². The van der Waals surface area contributed by atoms with Gasteiger partial charge in [-0.2, -0.15) is 0 Å². The predicted octanol–water partition coefficient (Wildman–Crippen LogP) is 3.48. The molecule has 1 aliphatic heterocycles. The van der Waals surface area contributed by atoms with Gasteiger partial charge in [-0.05, 0) is 30.2 Å². The lowest BCUT2D eigenvalue weighted by Gasteiger charge is -2.23. The first kappa shape index (κ1) is 18.1. The molecule has 6 nitrogen and oxygen atoms in total. The second-order valence-corrected chi connectivity index (χ2v) is 7.74. The maximum atomic E-state index is 12.4. The summed E-state index contributed by atoms with van der Waals surface area (Å²) in [6, 6.07) is 5.91. The zero-order chi connectivity index (χ0) is 17.6. The number of thiophene rings is 1. The molecule has 1 fully saturated rings. The lowest BCUT2D eigenvalue weighted by Crippen LogP contribution is -2.37. The summed E-state index contributed by atoms with van der Waals surface area (Å²) in [4.78, 5) is 15.8. The summed E-state index contributed by atoms with van der Waals surface area (Å²) in [5.41, 5.74) is 0.838. The van der Waals surface area contributed by atoms with E-state index in [1.54, 1.807) is 17.4 Å². The van der Waals surface area contributed by atoms with Crippen LogP contribution in [0.4, 0.5) is 5.88 Å². The normalized spacial score (nSPS) is 17.5. The molecule has 25 heavy (non-hydrogen) atoms. The van der Waals surface area contributed by atoms with Gasteiger partial charge in [-0.15, -0.1) is 11.3 Å². The first-order valence-electron chi connectivity index (χ1n) is 8.73. The molecule has 1 atom stereocenters. The van der Waals surface area contributed by atoms with Gasteiger partial charge in [0.2, 0.25) is 11.8 Å². The number of anilines is 1. The molecule has 0 bridgehead atoms. The smallest absolute Gasteiger partial charge is 0.240 e. The van der Waals surface area contributed by atoms with E-state index in [1.165, 1.54) is 4.88 Å². The molecule has 3 heterocycles. The molecule has 1 aliphatic rings. The molecule has 0 aliphatic carbocycles. The van der Waals surface area contributed by atoms with Crippen LogP contribution in [0.5, 0.6) is 0 Å². The zero-order valence-electron chi connectivity index (χ0n) is 14.7. The molecule has 0 aromatic carbocycles. The van der Waals surface area contributed by atoms with Crippen molar-refractivity contribution in [2.45, 2.75) is 45.3 Å². The lowest BCUT2D eigenvalue weighted by molar-refractivity contribution is -0.117. The minimum absolute atomic E-state index is 0.0963. The standard InChI is InChI=1S/C18H25N3O3S/c1-13(2)16-9-18(24-20-16)19-17(22)12-21(10-14-5-3-7-23-14)11-15-6-4-8-25-15/h4,6,8-9,13-14H,3,5,7,10-12H2,1-2H3,(H,19,22). The van der Waals surface area contributed by atoms with Crippen molar-refractivity contribution >= 4 is 23.1 Å². The third-order valence-electron chi connectivity index (χ3n) is 4.20. The lowest BCUT2D eigenvalue weighted by atomic mass is 10.1. The molecule has 7 heteroatoms. The number of rotatable bonds is 8. The Kier molecular flexibility index (Phi) is 6.23. The Hall–Kier alpha value is -1.70. The average molecular weight is 363 g/mol. The number of nitrogens with one attached hydrogen (secondary N) is 1. The molecule has 1 amide bonds. The fourth-order valence-corrected chi connectivity index (χ4v) is 3.63. The van der Waals surface area contributed by atoms with Gasteiger partial charge in [-0.1, -0.05) is 25.1 Å². The van der Waals surface area contributed by atoms with E-state index >= 15 is 0 Å². The van der Waals surface area contributed by atoms with E-state index < -0.39 is 0 Å². The molecule has 2 aromatic rings. The summed E-state index contributed by atoms with van der Waals surface area (Å²) in [5, 5.41) is 8.83. The second-order valence-electron chi connectivity index (χ2n) is 6.70. The van der Waals surface area contributed by atoms with Crippen LogP contribution in [0.3, 0.4) is 0 Å². The van der Waals surface area contributed by atoms with Crippen LogP contribution in [0.15, 0.2) is 28.1 Å². The van der Waals surface area contributed by atoms with Gasteiger partial charge < -0.3 is 9.26 Å². The largest absolute Gasteiger partial charge is 0.377 e. The van der Waals surface area contributed by atoms with Crippen LogP contribution in [0.2, 0.25) is 0 Å². The molecule has 3 rings (SSSR count). The number of hydrogen-bond acceptors (Lipinski definition) is 6. The van der Waals surface area contributed by atoms with Crippen molar-refractivity contribution in [1.29, 1.82) is 0 Å². The Morgan fingerprint density at radius 1 is 1.52 bits per heavy atom. The van der Waals surface area contributed by atoms with Crippen molar-refractivity contribution in [2.75, 3.05) is 25.0 Å². The highest BCUT2D eigenvalue weighted by Crippen LogP contribution is 2.19. The Bertz CT molecular complexity index is 663. The molecule has 0 saturated carbocycles. The van der Waals surface area contributed by atoms with Crippen molar-refractivity contribution in [3.63, 3.8) is 0 Å². The molecule has 0 radical (unpaired) electrons. The summed E-state index contributed by atoms with van der Waals surface area (Å²) in [6.07, 6.45) is 2.37. The molecule has 1 N–H and O–H groups in total. The summed E-state index contributed by atoms with van der Waals surface area (Å²) in [5.74, 6) is 0.576. The van der Waals surface area contributed by atoms with Crippen LogP contribution in [0.1, 0.15) is 43.2 Å². The number of amides is 1. The highest BCUT2D eigenvalue weighted by Gasteiger charge is 2.22. The number of carbonyl (C=O) groups excluding carboxylic acids is 1. The minimum Gasteiger partial charge on any atom is -0.377 e. The van der Waals surface area contributed by atoms with Gasteiger partial charge in [-0.25, -0.2) is 0 Å². The van der Waals surface area contributed by atoms with Crippen molar-refractivity contribution < 1.29 is 14.1 Å². The van der Waals surface area contributed by atoms with Gasteiger partial charge in [-0.3, -0.25) is 15.0 Å². The van der Waals surface area contributed by atoms with E-state index in [9.17, 15) is 4.79 Å². The quantitative estimate of drug-likeness (QED) is 0.778. The van der Waals surface area contributed by atoms with Crippen LogP contribution >= 0.6 is 11.3 Å². The van der Waals surface area contributed by atoms with Crippen LogP contribution < -0.4 is 5.32 Å². The monoisotopic (exact) mass is 363 g/mol. The minimum atomic E-state index is -0.0963. The van der Waals surface area contributed by atoms with Crippen LogP contribution in [-0.4, -0.2) is 41.8 Å². The topological polar surface area (TPSA) is 67.6 Å². The zero-order valence-corrected chi connectivity index (χ0v) is 15.6. The maximum absolute atomic E-state index is 12.4. The summed E-state index contributed by atoms with van der Waals surface area (Å²) in [6.45, 7) is 6.70. The number of nitrogens with zero attached hydrogens (tertiary/aromatic N) is 2. The molecular formula is C18H25N3O3S. The van der Waals surface area contributed by atoms with Crippen molar-refractivity contribution in [2.24, 2.45) is 0 Å². The van der Waals surface area contributed by atoms with Crippen molar-refractivity contribution in [3.05, 3.63) is 34.2 Å². The number of carbonyl (C=O) groups is 1. The Morgan fingerprint density at radius 3 is 3.04 bits per heavy atom. The number of ether oxygens (including phenoxy) is 1. The molecule has 0 spiro atoms. The fraction of sp³-hybridized carbons (Fsp3) is 0.556. The number of hydrogen-bond donors (Lipinski definition) is 1.